The first-order valence-corrected chi connectivity index (χ1v) is 11.4. The minimum Gasteiger partial charge on any atom is -0.356 e. The Hall–Kier alpha value is -4.10. The normalized spacial score (nSPS) is 10.1. The topological polar surface area (TPSA) is 12.0 Å². The van der Waals surface area contributed by atoms with Gasteiger partial charge in [0, 0.05) is 11.4 Å². The van der Waals surface area contributed by atoms with Crippen LogP contribution in [0.1, 0.15) is 12.5 Å². The summed E-state index contributed by atoms with van der Waals surface area (Å²) in [6.07, 6.45) is 1.14. The van der Waals surface area contributed by atoms with E-state index in [2.05, 4.69) is 134 Å². The maximum atomic E-state index is 3.46. The first kappa shape index (κ1) is 22.1. The summed E-state index contributed by atoms with van der Waals surface area (Å²) in [6, 6.07) is 48.4. The van der Waals surface area contributed by atoms with E-state index in [4.69, 9.17) is 0 Å². The van der Waals surface area contributed by atoms with Gasteiger partial charge in [-0.05, 0) is 58.5 Å². The monoisotopic (exact) mass is 427 g/mol. The van der Waals surface area contributed by atoms with Crippen molar-refractivity contribution in [3.8, 4) is 22.3 Å². The summed E-state index contributed by atoms with van der Waals surface area (Å²) < 4.78 is 0. The van der Waals surface area contributed by atoms with Gasteiger partial charge in [-0.2, -0.15) is 0 Å². The fourth-order valence-electron chi connectivity index (χ4n) is 3.63. The van der Waals surface area contributed by atoms with Crippen molar-refractivity contribution in [1.82, 2.24) is 0 Å². The molecule has 0 saturated heterocycles. The summed E-state index contributed by atoms with van der Waals surface area (Å²) in [4.78, 5) is 0. The summed E-state index contributed by atoms with van der Waals surface area (Å²) in [5.74, 6) is 0. The Bertz CT molecular complexity index is 1130. The minimum absolute atomic E-state index is 1.09. The third-order valence-electron chi connectivity index (χ3n) is 5.52. The molecule has 0 heterocycles. The van der Waals surface area contributed by atoms with Gasteiger partial charge in [0.2, 0.25) is 0 Å². The Balaban J connectivity index is 0.000000275. The lowest BCUT2D eigenvalue weighted by molar-refractivity contribution is 1.14. The Morgan fingerprint density at radius 3 is 1.06 bits per heavy atom. The van der Waals surface area contributed by atoms with Crippen molar-refractivity contribution in [3.63, 3.8) is 0 Å². The zero-order chi connectivity index (χ0) is 22.7. The van der Waals surface area contributed by atoms with Crippen LogP contribution in [0, 0.1) is 0 Å². The summed E-state index contributed by atoms with van der Waals surface area (Å²) in [5.41, 5.74) is 8.52. The van der Waals surface area contributed by atoms with E-state index in [1.165, 1.54) is 27.8 Å². The van der Waals surface area contributed by atoms with E-state index in [1.807, 2.05) is 18.2 Å². The molecule has 5 aromatic rings. The SMILES string of the molecule is CCc1ccccc1.c1ccc(-c2ccc(Nc3ccc(-c4ccccc4)cc3)cc2)cc1. The molecule has 5 rings (SSSR count). The Kier molecular flexibility index (Phi) is 7.70. The zero-order valence-electron chi connectivity index (χ0n) is 19.0. The highest BCUT2D eigenvalue weighted by Gasteiger charge is 2.00. The van der Waals surface area contributed by atoms with Gasteiger partial charge in [-0.25, -0.2) is 0 Å². The molecule has 0 aliphatic heterocycles. The average molecular weight is 428 g/mol. The van der Waals surface area contributed by atoms with Crippen LogP contribution in [0.2, 0.25) is 0 Å². The quantitative estimate of drug-likeness (QED) is 0.295. The molecule has 0 aliphatic carbocycles. The van der Waals surface area contributed by atoms with Crippen molar-refractivity contribution in [1.29, 1.82) is 0 Å². The zero-order valence-corrected chi connectivity index (χ0v) is 19.0. The van der Waals surface area contributed by atoms with Gasteiger partial charge in [-0.15, -0.1) is 0 Å². The molecule has 1 N–H and O–H groups in total. The van der Waals surface area contributed by atoms with Crippen LogP contribution >= 0.6 is 0 Å². The number of hydrogen-bond donors (Lipinski definition) is 1. The van der Waals surface area contributed by atoms with Gasteiger partial charge in [0.15, 0.2) is 0 Å². The van der Waals surface area contributed by atoms with Crippen LogP contribution < -0.4 is 5.32 Å². The Morgan fingerprint density at radius 1 is 0.394 bits per heavy atom. The summed E-state index contributed by atoms with van der Waals surface area (Å²) in [7, 11) is 0. The van der Waals surface area contributed by atoms with Crippen LogP contribution in [0.3, 0.4) is 0 Å². The fourth-order valence-corrected chi connectivity index (χ4v) is 3.63. The third-order valence-corrected chi connectivity index (χ3v) is 5.52. The van der Waals surface area contributed by atoms with Gasteiger partial charge in [0.1, 0.15) is 0 Å². The summed E-state index contributed by atoms with van der Waals surface area (Å²) in [5, 5.41) is 3.46. The van der Waals surface area contributed by atoms with Gasteiger partial charge in [0.25, 0.3) is 0 Å². The van der Waals surface area contributed by atoms with Gasteiger partial charge in [0.05, 0.1) is 0 Å². The highest BCUT2D eigenvalue weighted by atomic mass is 14.9. The van der Waals surface area contributed by atoms with Crippen molar-refractivity contribution in [2.24, 2.45) is 0 Å². The highest BCUT2D eigenvalue weighted by Crippen LogP contribution is 2.25. The lowest BCUT2D eigenvalue weighted by atomic mass is 10.0. The highest BCUT2D eigenvalue weighted by molar-refractivity contribution is 5.70. The number of nitrogens with one attached hydrogen (secondary N) is 1. The molecule has 162 valence electrons. The van der Waals surface area contributed by atoms with E-state index in [9.17, 15) is 0 Å². The van der Waals surface area contributed by atoms with Gasteiger partial charge < -0.3 is 5.32 Å². The van der Waals surface area contributed by atoms with Gasteiger partial charge >= 0.3 is 0 Å². The van der Waals surface area contributed by atoms with Crippen LogP contribution in [0.5, 0.6) is 0 Å². The molecule has 33 heavy (non-hydrogen) atoms. The minimum atomic E-state index is 1.09. The first-order chi connectivity index (χ1) is 16.3. The molecule has 1 heteroatoms. The second kappa shape index (κ2) is 11.5. The smallest absolute Gasteiger partial charge is 0.0384 e. The molecule has 0 bridgehead atoms. The molecule has 0 amide bonds. The van der Waals surface area contributed by atoms with E-state index >= 15 is 0 Å². The van der Waals surface area contributed by atoms with E-state index in [-0.39, 0.29) is 0 Å². The third kappa shape index (κ3) is 6.44. The Morgan fingerprint density at radius 2 is 0.727 bits per heavy atom. The predicted molar refractivity (Wildman–Crippen MR) is 143 cm³/mol. The molecule has 0 radical (unpaired) electrons. The van der Waals surface area contributed by atoms with Crippen molar-refractivity contribution < 1.29 is 0 Å². The number of aryl methyl sites for hydroxylation is 1. The summed E-state index contributed by atoms with van der Waals surface area (Å²) >= 11 is 0. The lowest BCUT2D eigenvalue weighted by Gasteiger charge is -2.09. The van der Waals surface area contributed by atoms with E-state index in [0.29, 0.717) is 0 Å². The predicted octanol–water partition coefficient (Wildman–Crippen LogP) is 9.01. The van der Waals surface area contributed by atoms with E-state index in [1.54, 1.807) is 0 Å². The number of anilines is 2. The average Bonchev–Trinajstić information content (AvgIpc) is 2.91. The number of hydrogen-bond acceptors (Lipinski definition) is 1. The lowest BCUT2D eigenvalue weighted by Crippen LogP contribution is -1.90. The van der Waals surface area contributed by atoms with Crippen molar-refractivity contribution in [3.05, 3.63) is 145 Å². The molecule has 0 fully saturated rings. The van der Waals surface area contributed by atoms with Crippen molar-refractivity contribution in [2.75, 3.05) is 5.32 Å². The number of benzene rings is 5. The van der Waals surface area contributed by atoms with Crippen LogP contribution in [-0.2, 0) is 6.42 Å². The van der Waals surface area contributed by atoms with Gasteiger partial charge in [-0.1, -0.05) is 122 Å². The van der Waals surface area contributed by atoms with Gasteiger partial charge in [-0.3, -0.25) is 0 Å². The van der Waals surface area contributed by atoms with Crippen LogP contribution in [0.25, 0.3) is 22.3 Å². The molecule has 0 unspecified atom stereocenters. The van der Waals surface area contributed by atoms with E-state index in [0.717, 1.165) is 17.8 Å². The molecular formula is C32H29N. The molecule has 0 aromatic heterocycles. The molecule has 5 aromatic carbocycles. The van der Waals surface area contributed by atoms with E-state index < -0.39 is 0 Å². The van der Waals surface area contributed by atoms with Crippen molar-refractivity contribution >= 4 is 11.4 Å². The molecule has 0 spiro atoms. The second-order valence-corrected chi connectivity index (χ2v) is 7.85. The van der Waals surface area contributed by atoms with Crippen molar-refractivity contribution in [2.45, 2.75) is 13.3 Å². The second-order valence-electron chi connectivity index (χ2n) is 7.85. The largest absolute Gasteiger partial charge is 0.356 e. The molecule has 0 aliphatic rings. The molecular weight excluding hydrogens is 398 g/mol. The Labute approximate surface area is 197 Å². The van der Waals surface area contributed by atoms with Crippen LogP contribution in [0.15, 0.2) is 140 Å². The standard InChI is InChI=1S/C24H19N.C8H10/c1-3-7-19(8-4-1)21-11-15-23(16-12-21)25-24-17-13-22(14-18-24)20-9-5-2-6-10-20;1-2-8-6-4-3-5-7-8/h1-18,25H;3-7H,2H2,1H3. The maximum absolute atomic E-state index is 3.46. The molecule has 0 atom stereocenters. The van der Waals surface area contributed by atoms with Crippen LogP contribution in [0.4, 0.5) is 11.4 Å². The summed E-state index contributed by atoms with van der Waals surface area (Å²) in [6.45, 7) is 2.16. The number of rotatable bonds is 5. The van der Waals surface area contributed by atoms with Crippen LogP contribution in [-0.4, -0.2) is 0 Å². The first-order valence-electron chi connectivity index (χ1n) is 11.4. The fraction of sp³-hybridized carbons (Fsp3) is 0.0625. The molecule has 1 nitrogen and oxygen atoms in total. The maximum Gasteiger partial charge on any atom is 0.0384 e. The molecule has 0 saturated carbocycles.